The van der Waals surface area contributed by atoms with Crippen LogP contribution < -0.4 is 5.32 Å². The molecule has 118 valence electrons. The first-order valence-corrected chi connectivity index (χ1v) is 8.82. The molecular formula is C13H27N3O3S. The summed E-state index contributed by atoms with van der Waals surface area (Å²) in [6, 6.07) is 0. The van der Waals surface area contributed by atoms with E-state index in [0.717, 1.165) is 12.8 Å². The molecule has 1 rings (SSSR count). The van der Waals surface area contributed by atoms with Crippen molar-refractivity contribution in [1.29, 1.82) is 0 Å². The standard InChI is InChI=1S/C13H27N3O3S/c1-4-6-9-15(3)20(18,19)16-10-7-12(8-11-16)13(17)14-5-2/h12H,4-11H2,1-3H3,(H,14,17). The van der Waals surface area contributed by atoms with Gasteiger partial charge in [-0.1, -0.05) is 13.3 Å². The number of unbranched alkanes of at least 4 members (excludes halogenated alkanes) is 1. The van der Waals surface area contributed by atoms with Crippen molar-refractivity contribution in [3.63, 3.8) is 0 Å². The van der Waals surface area contributed by atoms with Crippen LogP contribution in [0.25, 0.3) is 0 Å². The Bertz CT molecular complexity index is 403. The number of nitrogens with zero attached hydrogens (tertiary/aromatic N) is 2. The average Bonchev–Trinajstić information content (AvgIpc) is 2.45. The largest absolute Gasteiger partial charge is 0.356 e. The first-order chi connectivity index (χ1) is 9.43. The van der Waals surface area contributed by atoms with E-state index in [9.17, 15) is 13.2 Å². The van der Waals surface area contributed by atoms with Gasteiger partial charge in [0.25, 0.3) is 10.2 Å². The van der Waals surface area contributed by atoms with Crippen LogP contribution in [0.3, 0.4) is 0 Å². The molecule has 1 N–H and O–H groups in total. The predicted molar refractivity (Wildman–Crippen MR) is 79.4 cm³/mol. The van der Waals surface area contributed by atoms with Crippen molar-refractivity contribution in [2.45, 2.75) is 39.5 Å². The quantitative estimate of drug-likeness (QED) is 0.757. The number of carbonyl (C=O) groups excluding carboxylic acids is 1. The Morgan fingerprint density at radius 1 is 1.30 bits per heavy atom. The molecule has 0 bridgehead atoms. The van der Waals surface area contributed by atoms with Crippen LogP contribution in [0.4, 0.5) is 0 Å². The van der Waals surface area contributed by atoms with E-state index in [1.807, 2.05) is 13.8 Å². The third kappa shape index (κ3) is 4.43. The van der Waals surface area contributed by atoms with E-state index in [4.69, 9.17) is 0 Å². The van der Waals surface area contributed by atoms with Gasteiger partial charge in [0.05, 0.1) is 0 Å². The van der Waals surface area contributed by atoms with E-state index in [1.165, 1.54) is 8.61 Å². The smallest absolute Gasteiger partial charge is 0.281 e. The van der Waals surface area contributed by atoms with Crippen molar-refractivity contribution < 1.29 is 13.2 Å². The highest BCUT2D eigenvalue weighted by Crippen LogP contribution is 2.21. The first kappa shape index (κ1) is 17.4. The van der Waals surface area contributed by atoms with Crippen LogP contribution in [0.5, 0.6) is 0 Å². The fourth-order valence-electron chi connectivity index (χ4n) is 2.36. The summed E-state index contributed by atoms with van der Waals surface area (Å²) in [4.78, 5) is 11.7. The van der Waals surface area contributed by atoms with Crippen LogP contribution in [0.15, 0.2) is 0 Å². The Morgan fingerprint density at radius 3 is 2.40 bits per heavy atom. The number of amides is 1. The minimum atomic E-state index is -3.36. The van der Waals surface area contributed by atoms with Gasteiger partial charge in [-0.2, -0.15) is 17.0 Å². The third-order valence-electron chi connectivity index (χ3n) is 3.72. The highest BCUT2D eigenvalue weighted by atomic mass is 32.2. The molecule has 6 nitrogen and oxygen atoms in total. The van der Waals surface area contributed by atoms with Gasteiger partial charge >= 0.3 is 0 Å². The zero-order valence-electron chi connectivity index (χ0n) is 12.8. The highest BCUT2D eigenvalue weighted by molar-refractivity contribution is 7.86. The molecule has 0 aromatic carbocycles. The van der Waals surface area contributed by atoms with Gasteiger partial charge in [-0.15, -0.1) is 0 Å². The van der Waals surface area contributed by atoms with Gasteiger partial charge in [0.1, 0.15) is 0 Å². The molecule has 0 saturated carbocycles. The number of nitrogens with one attached hydrogen (secondary N) is 1. The summed E-state index contributed by atoms with van der Waals surface area (Å²) < 4.78 is 27.6. The van der Waals surface area contributed by atoms with Crippen LogP contribution in [0.1, 0.15) is 39.5 Å². The fourth-order valence-corrected chi connectivity index (χ4v) is 3.79. The summed E-state index contributed by atoms with van der Waals surface area (Å²) in [5.41, 5.74) is 0. The molecule has 1 aliphatic heterocycles. The molecule has 0 spiro atoms. The predicted octanol–water partition coefficient (Wildman–Crippen LogP) is 0.811. The Hall–Kier alpha value is -0.660. The molecule has 1 heterocycles. The number of carbonyl (C=O) groups is 1. The molecule has 1 fully saturated rings. The van der Waals surface area contributed by atoms with Crippen molar-refractivity contribution >= 4 is 16.1 Å². The number of hydrogen-bond donors (Lipinski definition) is 1. The van der Waals surface area contributed by atoms with Crippen LogP contribution in [-0.2, 0) is 15.0 Å². The fraction of sp³-hybridized carbons (Fsp3) is 0.923. The summed E-state index contributed by atoms with van der Waals surface area (Å²) in [6.45, 7) is 5.96. The highest BCUT2D eigenvalue weighted by Gasteiger charge is 2.32. The molecule has 0 atom stereocenters. The molecule has 1 amide bonds. The third-order valence-corrected chi connectivity index (χ3v) is 5.71. The molecule has 20 heavy (non-hydrogen) atoms. The minimum Gasteiger partial charge on any atom is -0.356 e. The van der Waals surface area contributed by atoms with Crippen molar-refractivity contribution in [2.75, 3.05) is 33.2 Å². The lowest BCUT2D eigenvalue weighted by atomic mass is 9.97. The average molecular weight is 305 g/mol. The molecule has 0 unspecified atom stereocenters. The maximum Gasteiger partial charge on any atom is 0.281 e. The molecule has 1 saturated heterocycles. The van der Waals surface area contributed by atoms with Crippen LogP contribution in [-0.4, -0.2) is 56.2 Å². The second-order valence-corrected chi connectivity index (χ2v) is 7.29. The van der Waals surface area contributed by atoms with E-state index >= 15 is 0 Å². The Kier molecular flexibility index (Phi) is 6.91. The van der Waals surface area contributed by atoms with Crippen molar-refractivity contribution in [3.05, 3.63) is 0 Å². The minimum absolute atomic E-state index is 0.0453. The van der Waals surface area contributed by atoms with Crippen molar-refractivity contribution in [1.82, 2.24) is 13.9 Å². The molecule has 0 aromatic rings. The van der Waals surface area contributed by atoms with Crippen LogP contribution >= 0.6 is 0 Å². The van der Waals surface area contributed by atoms with Gasteiger partial charge in [0, 0.05) is 39.1 Å². The first-order valence-electron chi connectivity index (χ1n) is 7.42. The van der Waals surface area contributed by atoms with E-state index in [0.29, 0.717) is 39.0 Å². The van der Waals surface area contributed by atoms with Gasteiger partial charge in [-0.25, -0.2) is 0 Å². The molecule has 7 heteroatoms. The Balaban J connectivity index is 2.53. The second-order valence-electron chi connectivity index (χ2n) is 5.25. The molecule has 0 aliphatic carbocycles. The maximum absolute atomic E-state index is 12.3. The summed E-state index contributed by atoms with van der Waals surface area (Å²) in [6.07, 6.45) is 3.05. The SMILES string of the molecule is CCCCN(C)S(=O)(=O)N1CCC(C(=O)NCC)CC1. The molecule has 0 radical (unpaired) electrons. The maximum atomic E-state index is 12.3. The Labute approximate surface area is 122 Å². The summed E-state index contributed by atoms with van der Waals surface area (Å²) in [5, 5.41) is 2.80. The van der Waals surface area contributed by atoms with Crippen molar-refractivity contribution in [2.24, 2.45) is 5.92 Å². The topological polar surface area (TPSA) is 69.7 Å². The van der Waals surface area contributed by atoms with Gasteiger partial charge in [0.15, 0.2) is 0 Å². The lowest BCUT2D eigenvalue weighted by Gasteiger charge is -2.33. The summed E-state index contributed by atoms with van der Waals surface area (Å²) in [7, 11) is -1.73. The molecule has 0 aromatic heterocycles. The number of hydrogen-bond acceptors (Lipinski definition) is 3. The normalized spacial score (nSPS) is 18.4. The molecule has 1 aliphatic rings. The number of rotatable bonds is 7. The van der Waals surface area contributed by atoms with Crippen LogP contribution in [0.2, 0.25) is 0 Å². The lowest BCUT2D eigenvalue weighted by Crippen LogP contribution is -2.47. The summed E-state index contributed by atoms with van der Waals surface area (Å²) >= 11 is 0. The zero-order valence-corrected chi connectivity index (χ0v) is 13.6. The molecular weight excluding hydrogens is 278 g/mol. The second kappa shape index (κ2) is 7.95. The van der Waals surface area contributed by atoms with Gasteiger partial charge in [0.2, 0.25) is 5.91 Å². The zero-order chi connectivity index (χ0) is 15.2. The van der Waals surface area contributed by atoms with E-state index < -0.39 is 10.2 Å². The van der Waals surface area contributed by atoms with E-state index in [-0.39, 0.29) is 11.8 Å². The Morgan fingerprint density at radius 2 is 1.90 bits per heavy atom. The summed E-state index contributed by atoms with van der Waals surface area (Å²) in [5.74, 6) is -0.00812. The van der Waals surface area contributed by atoms with E-state index in [1.54, 1.807) is 7.05 Å². The van der Waals surface area contributed by atoms with Gasteiger partial charge in [-0.05, 0) is 26.2 Å². The van der Waals surface area contributed by atoms with Gasteiger partial charge in [-0.3, -0.25) is 4.79 Å². The van der Waals surface area contributed by atoms with Crippen molar-refractivity contribution in [3.8, 4) is 0 Å². The van der Waals surface area contributed by atoms with E-state index in [2.05, 4.69) is 5.32 Å². The monoisotopic (exact) mass is 305 g/mol. The van der Waals surface area contributed by atoms with Gasteiger partial charge < -0.3 is 5.32 Å². The van der Waals surface area contributed by atoms with Crippen LogP contribution in [0, 0.1) is 5.92 Å². The number of piperidine rings is 1. The lowest BCUT2D eigenvalue weighted by molar-refractivity contribution is -0.126.